The van der Waals surface area contributed by atoms with Crippen molar-refractivity contribution >= 4 is 17.9 Å². The largest absolute Gasteiger partial charge is 0.481 e. The Labute approximate surface area is 115 Å². The highest BCUT2D eigenvalue weighted by Crippen LogP contribution is 2.22. The Kier molecular flexibility index (Phi) is 4.90. The van der Waals surface area contributed by atoms with Crippen LogP contribution in [0.3, 0.4) is 0 Å². The number of H-pyrrole nitrogens is 1. The number of aryl methyl sites for hydroxylation is 1. The summed E-state index contributed by atoms with van der Waals surface area (Å²) in [7, 11) is 0. The summed E-state index contributed by atoms with van der Waals surface area (Å²) in [5, 5.41) is 17.8. The minimum atomic E-state index is -1.54. The van der Waals surface area contributed by atoms with E-state index in [0.717, 1.165) is 0 Å². The molecule has 110 valence electrons. The summed E-state index contributed by atoms with van der Waals surface area (Å²) in [5.41, 5.74) is 1.84. The van der Waals surface area contributed by atoms with Gasteiger partial charge in [-0.2, -0.15) is 0 Å². The molecule has 0 atom stereocenters. The topological polar surface area (TPSA) is 117 Å². The maximum absolute atomic E-state index is 11.7. The van der Waals surface area contributed by atoms with Crippen LogP contribution in [0.25, 0.3) is 0 Å². The lowest BCUT2D eigenvalue weighted by atomic mass is 9.96. The van der Waals surface area contributed by atoms with Gasteiger partial charge in [-0.3, -0.25) is 9.59 Å². The summed E-state index contributed by atoms with van der Waals surface area (Å²) in [6.45, 7) is 5.19. The number of esters is 1. The molecule has 7 nitrogen and oxygen atoms in total. The van der Waals surface area contributed by atoms with E-state index in [-0.39, 0.29) is 18.7 Å². The van der Waals surface area contributed by atoms with Gasteiger partial charge in [-0.25, -0.2) is 4.79 Å². The second kappa shape index (κ2) is 6.23. The molecule has 0 aliphatic heterocycles. The third-order valence-electron chi connectivity index (χ3n) is 3.08. The molecule has 0 saturated heterocycles. The maximum atomic E-state index is 11.7. The molecule has 1 heterocycles. The number of aliphatic carboxylic acids is 2. The normalized spacial score (nSPS) is 10.6. The summed E-state index contributed by atoms with van der Waals surface area (Å²) in [6, 6.07) is 0. The second-order valence-electron chi connectivity index (χ2n) is 4.38. The molecule has 1 aromatic rings. The first-order chi connectivity index (χ1) is 9.29. The van der Waals surface area contributed by atoms with Crippen LogP contribution in [0, 0.1) is 19.8 Å². The Balaban J connectivity index is 3.11. The van der Waals surface area contributed by atoms with E-state index in [1.807, 2.05) is 0 Å². The van der Waals surface area contributed by atoms with Crippen LogP contribution in [-0.4, -0.2) is 39.7 Å². The van der Waals surface area contributed by atoms with Crippen molar-refractivity contribution in [1.29, 1.82) is 0 Å². The minimum absolute atomic E-state index is 0.182. The molecule has 0 bridgehead atoms. The van der Waals surface area contributed by atoms with E-state index in [2.05, 4.69) is 4.98 Å². The molecule has 1 aromatic heterocycles. The Hall–Kier alpha value is -2.31. The number of hydrogen-bond acceptors (Lipinski definition) is 4. The van der Waals surface area contributed by atoms with Gasteiger partial charge in [-0.05, 0) is 38.3 Å². The molecular formula is C13H17NO6. The van der Waals surface area contributed by atoms with Gasteiger partial charge in [-0.15, -0.1) is 0 Å². The van der Waals surface area contributed by atoms with Crippen molar-refractivity contribution in [3.05, 3.63) is 22.5 Å². The van der Waals surface area contributed by atoms with Crippen LogP contribution in [-0.2, 0) is 20.7 Å². The highest BCUT2D eigenvalue weighted by atomic mass is 16.5. The SMILES string of the molecule is CCOC(=O)c1[nH]c(C)c(CC(C(=O)O)C(=O)O)c1C. The molecule has 0 unspecified atom stereocenters. The third-order valence-corrected chi connectivity index (χ3v) is 3.08. The number of ether oxygens (including phenoxy) is 1. The Morgan fingerprint density at radius 1 is 1.20 bits per heavy atom. The molecule has 0 aliphatic rings. The molecular weight excluding hydrogens is 266 g/mol. The van der Waals surface area contributed by atoms with Gasteiger partial charge >= 0.3 is 17.9 Å². The number of carboxylic acid groups (broad SMARTS) is 2. The third kappa shape index (κ3) is 3.17. The van der Waals surface area contributed by atoms with Crippen LogP contribution in [0.1, 0.15) is 34.2 Å². The Morgan fingerprint density at radius 2 is 1.75 bits per heavy atom. The van der Waals surface area contributed by atoms with Gasteiger partial charge in [0.2, 0.25) is 0 Å². The average Bonchev–Trinajstić information content (AvgIpc) is 2.62. The molecule has 0 amide bonds. The zero-order valence-corrected chi connectivity index (χ0v) is 11.5. The van der Waals surface area contributed by atoms with Crippen molar-refractivity contribution in [1.82, 2.24) is 4.98 Å². The highest BCUT2D eigenvalue weighted by molar-refractivity contribution is 5.94. The van der Waals surface area contributed by atoms with Gasteiger partial charge < -0.3 is 19.9 Å². The van der Waals surface area contributed by atoms with Gasteiger partial charge in [-0.1, -0.05) is 0 Å². The number of carbonyl (C=O) groups is 3. The number of carboxylic acids is 2. The first kappa shape index (κ1) is 15.7. The summed E-state index contributed by atoms with van der Waals surface area (Å²) >= 11 is 0. The van der Waals surface area contributed by atoms with Crippen LogP contribution in [0.2, 0.25) is 0 Å². The van der Waals surface area contributed by atoms with Crippen LogP contribution in [0.15, 0.2) is 0 Å². The zero-order valence-electron chi connectivity index (χ0n) is 11.5. The fourth-order valence-corrected chi connectivity index (χ4v) is 1.99. The molecule has 0 spiro atoms. The number of rotatable bonds is 6. The molecule has 0 aromatic carbocycles. The van der Waals surface area contributed by atoms with Crippen molar-refractivity contribution in [2.24, 2.45) is 5.92 Å². The van der Waals surface area contributed by atoms with Crippen LogP contribution in [0.4, 0.5) is 0 Å². The van der Waals surface area contributed by atoms with Gasteiger partial charge in [0.05, 0.1) is 6.61 Å². The molecule has 0 fully saturated rings. The highest BCUT2D eigenvalue weighted by Gasteiger charge is 2.29. The van der Waals surface area contributed by atoms with Crippen LogP contribution < -0.4 is 0 Å². The molecule has 3 N–H and O–H groups in total. The molecule has 7 heteroatoms. The average molecular weight is 283 g/mol. The van der Waals surface area contributed by atoms with Gasteiger partial charge in [0.25, 0.3) is 0 Å². The van der Waals surface area contributed by atoms with Gasteiger partial charge in [0, 0.05) is 5.69 Å². The summed E-state index contributed by atoms with van der Waals surface area (Å²) in [5.74, 6) is -4.90. The fraction of sp³-hybridized carbons (Fsp3) is 0.462. The number of hydrogen-bond donors (Lipinski definition) is 3. The van der Waals surface area contributed by atoms with E-state index in [1.54, 1.807) is 20.8 Å². The summed E-state index contributed by atoms with van der Waals surface area (Å²) in [6.07, 6.45) is -0.182. The van der Waals surface area contributed by atoms with Crippen molar-refractivity contribution in [2.75, 3.05) is 6.61 Å². The number of nitrogens with one attached hydrogen (secondary N) is 1. The number of aromatic amines is 1. The predicted octanol–water partition coefficient (Wildman–Crippen LogP) is 1.14. The van der Waals surface area contributed by atoms with Gasteiger partial charge in [0.15, 0.2) is 5.92 Å². The minimum Gasteiger partial charge on any atom is -0.481 e. The first-order valence-corrected chi connectivity index (χ1v) is 6.10. The smallest absolute Gasteiger partial charge is 0.355 e. The summed E-state index contributed by atoms with van der Waals surface area (Å²) in [4.78, 5) is 36.4. The van der Waals surface area contributed by atoms with Crippen molar-refractivity contribution < 1.29 is 29.3 Å². The maximum Gasteiger partial charge on any atom is 0.355 e. The number of carbonyl (C=O) groups excluding carboxylic acids is 1. The summed E-state index contributed by atoms with van der Waals surface area (Å²) < 4.78 is 4.87. The van der Waals surface area contributed by atoms with Crippen molar-refractivity contribution in [3.63, 3.8) is 0 Å². The van der Waals surface area contributed by atoms with E-state index >= 15 is 0 Å². The molecule has 0 radical (unpaired) electrons. The monoisotopic (exact) mass is 283 g/mol. The predicted molar refractivity (Wildman–Crippen MR) is 68.7 cm³/mol. The lowest BCUT2D eigenvalue weighted by Crippen LogP contribution is -2.25. The van der Waals surface area contributed by atoms with E-state index in [0.29, 0.717) is 16.8 Å². The van der Waals surface area contributed by atoms with Crippen LogP contribution >= 0.6 is 0 Å². The van der Waals surface area contributed by atoms with E-state index in [9.17, 15) is 14.4 Å². The van der Waals surface area contributed by atoms with Crippen LogP contribution in [0.5, 0.6) is 0 Å². The van der Waals surface area contributed by atoms with E-state index < -0.39 is 23.8 Å². The Bertz CT molecular complexity index is 531. The molecule has 20 heavy (non-hydrogen) atoms. The lowest BCUT2D eigenvalue weighted by Gasteiger charge is -2.08. The van der Waals surface area contributed by atoms with E-state index in [4.69, 9.17) is 14.9 Å². The van der Waals surface area contributed by atoms with Gasteiger partial charge in [0.1, 0.15) is 5.69 Å². The van der Waals surface area contributed by atoms with Crippen molar-refractivity contribution in [3.8, 4) is 0 Å². The fourth-order valence-electron chi connectivity index (χ4n) is 1.99. The van der Waals surface area contributed by atoms with Crippen molar-refractivity contribution in [2.45, 2.75) is 27.2 Å². The quantitative estimate of drug-likeness (QED) is 0.532. The Morgan fingerprint density at radius 3 is 2.20 bits per heavy atom. The molecule has 0 saturated carbocycles. The first-order valence-electron chi connectivity index (χ1n) is 6.10. The molecule has 1 rings (SSSR count). The zero-order chi connectivity index (χ0) is 15.4. The second-order valence-corrected chi connectivity index (χ2v) is 4.38. The lowest BCUT2D eigenvalue weighted by molar-refractivity contribution is -0.154. The standard InChI is InChI=1S/C13H17NO6/c1-4-20-13(19)10-6(2)8(7(3)14-10)5-9(11(15)16)12(17)18/h9,14H,4-5H2,1-3H3,(H,15,16)(H,17,18). The number of aromatic nitrogens is 1. The molecule has 0 aliphatic carbocycles. The van der Waals surface area contributed by atoms with E-state index in [1.165, 1.54) is 0 Å².